The van der Waals surface area contributed by atoms with Crippen molar-refractivity contribution in [2.24, 2.45) is 0 Å². The Bertz CT molecular complexity index is 948. The smallest absolute Gasteiger partial charge is 0.271 e. The van der Waals surface area contributed by atoms with Crippen molar-refractivity contribution in [3.05, 3.63) is 63.1 Å². The van der Waals surface area contributed by atoms with E-state index in [-0.39, 0.29) is 11.4 Å². The zero-order valence-electron chi connectivity index (χ0n) is 13.9. The van der Waals surface area contributed by atoms with Crippen LogP contribution in [0.4, 0.5) is 17.1 Å². The number of nitro groups is 1. The molecule has 26 heavy (non-hydrogen) atoms. The van der Waals surface area contributed by atoms with E-state index in [4.69, 9.17) is 0 Å². The second kappa shape index (κ2) is 7.83. The quantitative estimate of drug-likeness (QED) is 0.546. The lowest BCUT2D eigenvalue weighted by Crippen LogP contribution is -2.45. The summed E-state index contributed by atoms with van der Waals surface area (Å²) in [7, 11) is -3.87. The fraction of sp³-hybridized carbons (Fsp3) is 0.188. The van der Waals surface area contributed by atoms with Gasteiger partial charge in [-0.25, -0.2) is 8.42 Å². The van der Waals surface area contributed by atoms with Crippen LogP contribution in [0.3, 0.4) is 0 Å². The van der Waals surface area contributed by atoms with Crippen LogP contribution in [0, 0.1) is 10.1 Å². The van der Waals surface area contributed by atoms with Gasteiger partial charge in [-0.15, -0.1) is 0 Å². The summed E-state index contributed by atoms with van der Waals surface area (Å²) in [6.45, 7) is 1.41. The Morgan fingerprint density at radius 1 is 1.23 bits per heavy atom. The molecule has 1 N–H and O–H groups in total. The third-order valence-electron chi connectivity index (χ3n) is 3.52. The summed E-state index contributed by atoms with van der Waals surface area (Å²) < 4.78 is 26.0. The summed E-state index contributed by atoms with van der Waals surface area (Å²) >= 11 is 3.30. The lowest BCUT2D eigenvalue weighted by Gasteiger charge is -2.28. The molecule has 0 heterocycles. The highest BCUT2D eigenvalue weighted by Gasteiger charge is 2.30. The van der Waals surface area contributed by atoms with Crippen molar-refractivity contribution in [2.75, 3.05) is 15.9 Å². The Labute approximate surface area is 159 Å². The van der Waals surface area contributed by atoms with Crippen molar-refractivity contribution >= 4 is 48.9 Å². The van der Waals surface area contributed by atoms with E-state index in [0.717, 1.165) is 16.6 Å². The van der Waals surface area contributed by atoms with E-state index >= 15 is 0 Å². The molecule has 8 nitrogen and oxygen atoms in total. The summed E-state index contributed by atoms with van der Waals surface area (Å²) in [6, 6.07) is 10.9. The van der Waals surface area contributed by atoms with Crippen LogP contribution in [0.25, 0.3) is 0 Å². The number of anilines is 2. The first-order chi connectivity index (χ1) is 12.1. The summed E-state index contributed by atoms with van der Waals surface area (Å²) in [5, 5.41) is 13.6. The number of hydrogen-bond donors (Lipinski definition) is 1. The number of rotatable bonds is 6. The minimum absolute atomic E-state index is 0.0384. The Morgan fingerprint density at radius 3 is 2.46 bits per heavy atom. The van der Waals surface area contributed by atoms with Gasteiger partial charge in [-0.2, -0.15) is 0 Å². The van der Waals surface area contributed by atoms with Crippen LogP contribution in [0.5, 0.6) is 0 Å². The summed E-state index contributed by atoms with van der Waals surface area (Å²) in [5.41, 5.74) is 0.253. The second-order valence-electron chi connectivity index (χ2n) is 5.48. The molecule has 0 aliphatic heterocycles. The summed E-state index contributed by atoms with van der Waals surface area (Å²) in [4.78, 5) is 22.9. The van der Waals surface area contributed by atoms with Gasteiger partial charge in [0.25, 0.3) is 5.69 Å². The van der Waals surface area contributed by atoms with Crippen molar-refractivity contribution in [3.8, 4) is 0 Å². The van der Waals surface area contributed by atoms with E-state index in [2.05, 4.69) is 21.2 Å². The predicted molar refractivity (Wildman–Crippen MR) is 103 cm³/mol. The van der Waals surface area contributed by atoms with Gasteiger partial charge in [0.1, 0.15) is 6.04 Å². The second-order valence-corrected chi connectivity index (χ2v) is 8.19. The zero-order chi connectivity index (χ0) is 19.5. The normalized spacial score (nSPS) is 12.3. The van der Waals surface area contributed by atoms with Gasteiger partial charge in [-0.1, -0.05) is 18.2 Å². The Morgan fingerprint density at radius 2 is 1.88 bits per heavy atom. The summed E-state index contributed by atoms with van der Waals surface area (Å²) in [5.74, 6) is -0.575. The Kier molecular flexibility index (Phi) is 5.98. The number of nitrogens with zero attached hydrogens (tertiary/aromatic N) is 2. The molecule has 138 valence electrons. The van der Waals surface area contributed by atoms with Gasteiger partial charge >= 0.3 is 0 Å². The molecule has 0 bridgehead atoms. The molecule has 0 aliphatic rings. The fourth-order valence-corrected chi connectivity index (χ4v) is 3.90. The number of hydrogen-bond acceptors (Lipinski definition) is 5. The Hall–Kier alpha value is -2.46. The maximum atomic E-state index is 12.6. The van der Waals surface area contributed by atoms with Crippen LogP contribution >= 0.6 is 15.9 Å². The molecule has 0 unspecified atom stereocenters. The number of sulfonamides is 1. The molecule has 2 rings (SSSR count). The third-order valence-corrected chi connectivity index (χ3v) is 5.45. The number of nitro benzene ring substituents is 1. The number of benzene rings is 2. The van der Waals surface area contributed by atoms with Crippen LogP contribution in [0.2, 0.25) is 0 Å². The van der Waals surface area contributed by atoms with E-state index in [1.54, 1.807) is 24.3 Å². The first kappa shape index (κ1) is 19.9. The molecule has 2 aromatic rings. The van der Waals surface area contributed by atoms with E-state index in [0.29, 0.717) is 10.2 Å². The van der Waals surface area contributed by atoms with E-state index in [9.17, 15) is 23.3 Å². The lowest BCUT2D eigenvalue weighted by molar-refractivity contribution is -0.384. The topological polar surface area (TPSA) is 110 Å². The van der Waals surface area contributed by atoms with Crippen LogP contribution in [0.1, 0.15) is 6.92 Å². The molecule has 1 amide bonds. The Balaban J connectivity index is 2.38. The van der Waals surface area contributed by atoms with Gasteiger partial charge < -0.3 is 5.32 Å². The van der Waals surface area contributed by atoms with Gasteiger partial charge in [0.15, 0.2) is 0 Å². The average molecular weight is 442 g/mol. The number of para-hydroxylation sites is 1. The molecule has 0 fully saturated rings. The summed E-state index contributed by atoms with van der Waals surface area (Å²) in [6.07, 6.45) is 0.939. The van der Waals surface area contributed by atoms with Crippen LogP contribution in [-0.2, 0) is 14.8 Å². The SMILES string of the molecule is C[C@@H](C(=O)Nc1ccccc1Br)N(c1cccc([N+](=O)[O-])c1)S(C)(=O)=O. The molecule has 0 aliphatic carbocycles. The molecule has 2 aromatic carbocycles. The highest BCUT2D eigenvalue weighted by molar-refractivity contribution is 9.10. The van der Waals surface area contributed by atoms with Crippen molar-refractivity contribution in [3.63, 3.8) is 0 Å². The third kappa shape index (κ3) is 4.58. The molecule has 10 heteroatoms. The van der Waals surface area contributed by atoms with E-state index < -0.39 is 26.9 Å². The van der Waals surface area contributed by atoms with E-state index in [1.807, 2.05) is 0 Å². The molecule has 0 radical (unpaired) electrons. The van der Waals surface area contributed by atoms with Gasteiger partial charge in [-0.05, 0) is 41.1 Å². The van der Waals surface area contributed by atoms with Crippen LogP contribution < -0.4 is 9.62 Å². The van der Waals surface area contributed by atoms with E-state index in [1.165, 1.54) is 25.1 Å². The average Bonchev–Trinajstić information content (AvgIpc) is 2.56. The lowest BCUT2D eigenvalue weighted by atomic mass is 10.2. The van der Waals surface area contributed by atoms with Gasteiger partial charge in [0.05, 0.1) is 22.6 Å². The largest absolute Gasteiger partial charge is 0.323 e. The first-order valence-electron chi connectivity index (χ1n) is 7.40. The molecule has 1 atom stereocenters. The maximum Gasteiger partial charge on any atom is 0.271 e. The molecule has 0 saturated heterocycles. The van der Waals surface area contributed by atoms with Gasteiger partial charge in [0.2, 0.25) is 15.9 Å². The standard InChI is InChI=1S/C16H16BrN3O5S/c1-11(16(21)18-15-9-4-3-8-14(15)17)19(26(2,24)25)12-6-5-7-13(10-12)20(22)23/h3-11H,1-2H3,(H,18,21)/t11-/m0/s1. The zero-order valence-corrected chi connectivity index (χ0v) is 16.3. The number of non-ortho nitro benzene ring substituents is 1. The van der Waals surface area contributed by atoms with Crippen LogP contribution in [-0.4, -0.2) is 31.5 Å². The number of carbonyl (C=O) groups is 1. The fourth-order valence-electron chi connectivity index (χ4n) is 2.35. The highest BCUT2D eigenvalue weighted by atomic mass is 79.9. The molecule has 0 saturated carbocycles. The van der Waals surface area contributed by atoms with Crippen molar-refractivity contribution in [1.82, 2.24) is 0 Å². The van der Waals surface area contributed by atoms with Gasteiger partial charge in [0, 0.05) is 16.6 Å². The minimum atomic E-state index is -3.87. The molecular formula is C16H16BrN3O5S. The number of nitrogens with one attached hydrogen (secondary N) is 1. The molecule has 0 aromatic heterocycles. The minimum Gasteiger partial charge on any atom is -0.323 e. The van der Waals surface area contributed by atoms with Gasteiger partial charge in [-0.3, -0.25) is 19.2 Å². The first-order valence-corrected chi connectivity index (χ1v) is 10.0. The number of halogens is 1. The number of amides is 1. The predicted octanol–water partition coefficient (Wildman–Crippen LogP) is 3.15. The van der Waals surface area contributed by atoms with Crippen molar-refractivity contribution < 1.29 is 18.1 Å². The molecule has 0 spiro atoms. The monoisotopic (exact) mass is 441 g/mol. The number of carbonyl (C=O) groups excluding carboxylic acids is 1. The van der Waals surface area contributed by atoms with Crippen molar-refractivity contribution in [2.45, 2.75) is 13.0 Å². The van der Waals surface area contributed by atoms with Crippen LogP contribution in [0.15, 0.2) is 53.0 Å². The van der Waals surface area contributed by atoms with Crippen molar-refractivity contribution in [1.29, 1.82) is 0 Å². The molecular weight excluding hydrogens is 426 g/mol. The maximum absolute atomic E-state index is 12.6. The highest BCUT2D eigenvalue weighted by Crippen LogP contribution is 2.27.